The Morgan fingerprint density at radius 3 is 1.80 bits per heavy atom. The number of nitrogens with one attached hydrogen (secondary N) is 2. The van der Waals surface area contributed by atoms with E-state index in [4.69, 9.17) is 14.4 Å². The smallest absolute Gasteiger partial charge is 0.203 e. The fraction of sp³-hybridized carbons (Fsp3) is 0.0769. The minimum atomic E-state index is -0.756. The summed E-state index contributed by atoms with van der Waals surface area (Å²) in [5, 5.41) is 15.8. The van der Waals surface area contributed by atoms with Gasteiger partial charge in [-0.25, -0.2) is 9.97 Å². The van der Waals surface area contributed by atoms with Crippen LogP contribution in [0.5, 0.6) is 0 Å². The highest BCUT2D eigenvalue weighted by Gasteiger charge is 2.37. The fourth-order valence-corrected chi connectivity index (χ4v) is 6.44. The second-order valence-corrected chi connectivity index (χ2v) is 11.3. The molecule has 1 atom stereocenters. The highest BCUT2D eigenvalue weighted by Crippen LogP contribution is 2.41. The van der Waals surface area contributed by atoms with E-state index in [-0.39, 0.29) is 5.92 Å². The van der Waals surface area contributed by atoms with Gasteiger partial charge in [-0.3, -0.25) is 0 Å². The van der Waals surface area contributed by atoms with Gasteiger partial charge in [0.15, 0.2) is 11.5 Å². The van der Waals surface area contributed by atoms with Crippen LogP contribution < -0.4 is 5.32 Å². The SMILES string of the molecule is c1ccc(C(Cc2nc3ccccc3o2)c2cc(NC(c3ccccc3)(c3ccccc3)c3ccccc3)nc3n[nH]nc23)cc1. The van der Waals surface area contributed by atoms with Gasteiger partial charge in [-0.1, -0.05) is 133 Å². The van der Waals surface area contributed by atoms with Gasteiger partial charge in [0.05, 0.1) is 0 Å². The third kappa shape index (κ3) is 4.98. The second kappa shape index (κ2) is 11.8. The number of H-pyrrole nitrogens is 1. The van der Waals surface area contributed by atoms with Crippen molar-refractivity contribution in [3.63, 3.8) is 0 Å². The maximum Gasteiger partial charge on any atom is 0.203 e. The van der Waals surface area contributed by atoms with Crippen molar-refractivity contribution in [2.24, 2.45) is 0 Å². The van der Waals surface area contributed by atoms with Crippen LogP contribution in [0.25, 0.3) is 22.3 Å². The van der Waals surface area contributed by atoms with Crippen LogP contribution in [0.1, 0.15) is 39.6 Å². The first-order chi connectivity index (χ1) is 22.8. The van der Waals surface area contributed by atoms with Gasteiger partial charge in [-0.05, 0) is 46.0 Å². The Balaban J connectivity index is 1.32. The fourth-order valence-electron chi connectivity index (χ4n) is 6.44. The van der Waals surface area contributed by atoms with Crippen molar-refractivity contribution in [1.29, 1.82) is 0 Å². The zero-order valence-corrected chi connectivity index (χ0v) is 24.9. The van der Waals surface area contributed by atoms with Crippen molar-refractivity contribution in [2.45, 2.75) is 17.9 Å². The summed E-state index contributed by atoms with van der Waals surface area (Å²) in [5.41, 5.74) is 7.43. The number of benzene rings is 5. The van der Waals surface area contributed by atoms with Gasteiger partial charge in [0, 0.05) is 12.3 Å². The normalized spacial score (nSPS) is 12.3. The van der Waals surface area contributed by atoms with Crippen LogP contribution in [0.3, 0.4) is 0 Å². The molecule has 0 fully saturated rings. The number of aromatic amines is 1. The number of aromatic nitrogens is 5. The van der Waals surface area contributed by atoms with Crippen LogP contribution in [-0.4, -0.2) is 25.4 Å². The lowest BCUT2D eigenvalue weighted by Gasteiger charge is -2.37. The molecule has 2 N–H and O–H groups in total. The van der Waals surface area contributed by atoms with Crippen LogP contribution in [0, 0.1) is 0 Å². The maximum absolute atomic E-state index is 6.23. The zero-order valence-electron chi connectivity index (χ0n) is 24.9. The topological polar surface area (TPSA) is 92.5 Å². The molecule has 8 rings (SSSR count). The van der Waals surface area contributed by atoms with Crippen molar-refractivity contribution in [3.8, 4) is 0 Å². The second-order valence-electron chi connectivity index (χ2n) is 11.3. The molecule has 46 heavy (non-hydrogen) atoms. The molecule has 0 spiro atoms. The van der Waals surface area contributed by atoms with E-state index in [0.29, 0.717) is 29.3 Å². The first-order valence-electron chi connectivity index (χ1n) is 15.3. The van der Waals surface area contributed by atoms with E-state index in [0.717, 1.165) is 38.9 Å². The molecule has 8 aromatic rings. The van der Waals surface area contributed by atoms with E-state index >= 15 is 0 Å². The molecule has 0 saturated heterocycles. The molecule has 3 heterocycles. The van der Waals surface area contributed by atoms with Gasteiger partial charge in [-0.2, -0.15) is 10.3 Å². The van der Waals surface area contributed by atoms with Crippen LogP contribution in [0.15, 0.2) is 156 Å². The van der Waals surface area contributed by atoms with Crippen molar-refractivity contribution in [2.75, 3.05) is 5.32 Å². The Morgan fingerprint density at radius 1 is 0.630 bits per heavy atom. The van der Waals surface area contributed by atoms with Crippen molar-refractivity contribution >= 4 is 28.1 Å². The molecule has 0 bridgehead atoms. The molecule has 3 aromatic heterocycles. The maximum atomic E-state index is 6.23. The van der Waals surface area contributed by atoms with E-state index in [9.17, 15) is 0 Å². The lowest BCUT2D eigenvalue weighted by molar-refractivity contribution is 0.515. The summed E-state index contributed by atoms with van der Waals surface area (Å²) in [4.78, 5) is 9.85. The number of oxazole rings is 1. The Kier molecular flexibility index (Phi) is 7.04. The van der Waals surface area contributed by atoms with Gasteiger partial charge in [0.25, 0.3) is 0 Å². The summed E-state index contributed by atoms with van der Waals surface area (Å²) >= 11 is 0. The number of nitrogens with zero attached hydrogens (tertiary/aromatic N) is 4. The quantitative estimate of drug-likeness (QED) is 0.163. The predicted octanol–water partition coefficient (Wildman–Crippen LogP) is 8.27. The van der Waals surface area contributed by atoms with Crippen LogP contribution >= 0.6 is 0 Å². The Bertz CT molecular complexity index is 2080. The van der Waals surface area contributed by atoms with E-state index in [1.54, 1.807) is 0 Å². The molecule has 7 heteroatoms. The van der Waals surface area contributed by atoms with Crippen molar-refractivity contribution in [3.05, 3.63) is 185 Å². The van der Waals surface area contributed by atoms with E-state index in [1.807, 2.05) is 48.5 Å². The van der Waals surface area contributed by atoms with E-state index in [2.05, 4.69) is 124 Å². The van der Waals surface area contributed by atoms with Crippen LogP contribution in [0.4, 0.5) is 5.82 Å². The average Bonchev–Trinajstić information content (AvgIpc) is 3.78. The summed E-state index contributed by atoms with van der Waals surface area (Å²) in [6, 6.07) is 51.9. The van der Waals surface area contributed by atoms with Gasteiger partial charge in [0.2, 0.25) is 5.65 Å². The standard InChI is InChI=1S/C39H30N6O/c1-5-15-27(16-6-1)31(26-36-40-33-23-13-14-24-34(33)46-36)32-25-35(41-38-37(32)43-45-44-38)42-39(28-17-7-2-8-18-28,29-19-9-3-10-20-29)30-21-11-4-12-22-30/h1-25,31H,26H2,(H2,41,42,43,44,45). The number of rotatable bonds is 9. The highest BCUT2D eigenvalue weighted by molar-refractivity contribution is 5.78. The summed E-state index contributed by atoms with van der Waals surface area (Å²) in [6.45, 7) is 0. The lowest BCUT2D eigenvalue weighted by atomic mass is 9.77. The molecule has 0 radical (unpaired) electrons. The number of para-hydroxylation sites is 2. The third-order valence-electron chi connectivity index (χ3n) is 8.55. The zero-order chi connectivity index (χ0) is 30.8. The molecule has 222 valence electrons. The Morgan fingerprint density at radius 2 is 1.20 bits per heavy atom. The number of pyridine rings is 1. The lowest BCUT2D eigenvalue weighted by Crippen LogP contribution is -2.38. The molecule has 0 saturated carbocycles. The first kappa shape index (κ1) is 27.5. The predicted molar refractivity (Wildman–Crippen MR) is 181 cm³/mol. The third-order valence-corrected chi connectivity index (χ3v) is 8.55. The molecule has 0 amide bonds. The molecular weight excluding hydrogens is 568 g/mol. The van der Waals surface area contributed by atoms with Gasteiger partial charge >= 0.3 is 0 Å². The molecule has 7 nitrogen and oxygen atoms in total. The molecular formula is C39H30N6O. The molecule has 1 unspecified atom stereocenters. The summed E-state index contributed by atoms with van der Waals surface area (Å²) in [7, 11) is 0. The minimum Gasteiger partial charge on any atom is -0.441 e. The largest absolute Gasteiger partial charge is 0.441 e. The number of hydrogen-bond acceptors (Lipinski definition) is 6. The molecule has 0 aliphatic carbocycles. The van der Waals surface area contributed by atoms with Gasteiger partial charge in [-0.15, -0.1) is 5.10 Å². The van der Waals surface area contributed by atoms with Gasteiger partial charge < -0.3 is 9.73 Å². The number of hydrogen-bond donors (Lipinski definition) is 2. The molecule has 0 aliphatic heterocycles. The van der Waals surface area contributed by atoms with E-state index in [1.165, 1.54) is 0 Å². The van der Waals surface area contributed by atoms with Gasteiger partial charge in [0.1, 0.15) is 22.4 Å². The van der Waals surface area contributed by atoms with Crippen LogP contribution in [-0.2, 0) is 12.0 Å². The van der Waals surface area contributed by atoms with Crippen molar-refractivity contribution < 1.29 is 4.42 Å². The van der Waals surface area contributed by atoms with Crippen molar-refractivity contribution in [1.82, 2.24) is 25.4 Å². The summed E-state index contributed by atoms with van der Waals surface area (Å²) in [5.74, 6) is 1.20. The Hall–Kier alpha value is -6.08. The highest BCUT2D eigenvalue weighted by atomic mass is 16.3. The minimum absolute atomic E-state index is 0.134. The van der Waals surface area contributed by atoms with Crippen LogP contribution in [0.2, 0.25) is 0 Å². The summed E-state index contributed by atoms with van der Waals surface area (Å²) in [6.07, 6.45) is 0.533. The molecule has 5 aromatic carbocycles. The molecule has 0 aliphatic rings. The average molecular weight is 599 g/mol. The van der Waals surface area contributed by atoms with E-state index < -0.39 is 5.54 Å². The number of fused-ring (bicyclic) bond motifs is 2. The monoisotopic (exact) mass is 598 g/mol. The summed E-state index contributed by atoms with van der Waals surface area (Å²) < 4.78 is 6.23. The number of anilines is 1. The first-order valence-corrected chi connectivity index (χ1v) is 15.3. The Labute approximate surface area is 266 Å².